The molecule has 0 aromatic heterocycles. The molecule has 33 heavy (non-hydrogen) atoms. The largest absolute Gasteiger partial charge is 0.481 e. The average Bonchev–Trinajstić information content (AvgIpc) is 3.11. The van der Waals surface area contributed by atoms with Crippen molar-refractivity contribution in [3.8, 4) is 5.75 Å². The van der Waals surface area contributed by atoms with E-state index in [1.807, 2.05) is 37.3 Å². The molecule has 0 saturated carbocycles. The van der Waals surface area contributed by atoms with Gasteiger partial charge in [-0.05, 0) is 60.4 Å². The van der Waals surface area contributed by atoms with Gasteiger partial charge in [-0.25, -0.2) is 8.42 Å². The zero-order chi connectivity index (χ0) is 24.3. The Bertz CT molecular complexity index is 1070. The second kappa shape index (κ2) is 10.3. The van der Waals surface area contributed by atoms with Crippen molar-refractivity contribution in [1.82, 2.24) is 4.90 Å². The van der Waals surface area contributed by atoms with Crippen LogP contribution in [0, 0.1) is 6.92 Å². The van der Waals surface area contributed by atoms with Crippen molar-refractivity contribution in [2.45, 2.75) is 78.5 Å². The first-order valence-corrected chi connectivity index (χ1v) is 13.7. The van der Waals surface area contributed by atoms with Gasteiger partial charge in [-0.15, -0.1) is 0 Å². The normalized spacial score (nSPS) is 18.5. The van der Waals surface area contributed by atoms with Gasteiger partial charge in [0.2, 0.25) is 0 Å². The number of carbonyl (C=O) groups excluding carboxylic acids is 1. The van der Waals surface area contributed by atoms with Crippen molar-refractivity contribution in [1.29, 1.82) is 0 Å². The lowest BCUT2D eigenvalue weighted by molar-refractivity contribution is -0.140. The topological polar surface area (TPSA) is 63.7 Å². The van der Waals surface area contributed by atoms with Crippen LogP contribution in [-0.2, 0) is 21.2 Å². The standard InChI is InChI=1S/C27H37NO4S/c1-18(2)23-10-8-22(9-11-23)16-28(24-13-14-33(30,31)17-24)27(29)21(6)32-26-15-20(5)7-12-25(26)19(3)4/h7-12,15,18-19,21,24H,13-14,16-17H2,1-6H3/t21-,24-/m1/s1. The molecule has 0 N–H and O–H groups in total. The Morgan fingerprint density at radius 1 is 1.03 bits per heavy atom. The van der Waals surface area contributed by atoms with E-state index in [1.54, 1.807) is 11.8 Å². The van der Waals surface area contributed by atoms with Gasteiger partial charge >= 0.3 is 0 Å². The maximum Gasteiger partial charge on any atom is 0.263 e. The van der Waals surface area contributed by atoms with Gasteiger partial charge in [0.25, 0.3) is 5.91 Å². The van der Waals surface area contributed by atoms with Crippen LogP contribution in [-0.4, -0.2) is 42.9 Å². The summed E-state index contributed by atoms with van der Waals surface area (Å²) >= 11 is 0. The number of rotatable bonds is 8. The van der Waals surface area contributed by atoms with E-state index >= 15 is 0 Å². The van der Waals surface area contributed by atoms with Crippen LogP contribution in [0.25, 0.3) is 0 Å². The van der Waals surface area contributed by atoms with Gasteiger partial charge in [0, 0.05) is 12.6 Å². The Morgan fingerprint density at radius 2 is 1.70 bits per heavy atom. The van der Waals surface area contributed by atoms with Gasteiger partial charge in [-0.1, -0.05) is 64.1 Å². The van der Waals surface area contributed by atoms with E-state index in [0.717, 1.165) is 16.7 Å². The summed E-state index contributed by atoms with van der Waals surface area (Å²) in [4.78, 5) is 15.3. The average molecular weight is 472 g/mol. The number of carbonyl (C=O) groups is 1. The van der Waals surface area contributed by atoms with Crippen LogP contribution in [0.5, 0.6) is 5.75 Å². The molecule has 1 heterocycles. The molecule has 3 rings (SSSR count). The first kappa shape index (κ1) is 25.3. The summed E-state index contributed by atoms with van der Waals surface area (Å²) in [5.41, 5.74) is 4.35. The molecular weight excluding hydrogens is 434 g/mol. The van der Waals surface area contributed by atoms with Crippen molar-refractivity contribution in [3.05, 3.63) is 64.7 Å². The number of sulfone groups is 1. The Labute approximate surface area is 199 Å². The summed E-state index contributed by atoms with van der Waals surface area (Å²) in [6, 6.07) is 13.9. The Balaban J connectivity index is 1.85. The summed E-state index contributed by atoms with van der Waals surface area (Å²) in [5.74, 6) is 1.36. The molecule has 1 aliphatic heterocycles. The maximum atomic E-state index is 13.6. The number of amides is 1. The van der Waals surface area contributed by atoms with Crippen molar-refractivity contribution in [3.63, 3.8) is 0 Å². The lowest BCUT2D eigenvalue weighted by Gasteiger charge is -2.31. The lowest BCUT2D eigenvalue weighted by Crippen LogP contribution is -2.46. The summed E-state index contributed by atoms with van der Waals surface area (Å²) < 4.78 is 30.6. The number of hydrogen-bond acceptors (Lipinski definition) is 4. The molecule has 2 aromatic rings. The van der Waals surface area contributed by atoms with Gasteiger partial charge in [-0.3, -0.25) is 4.79 Å². The van der Waals surface area contributed by atoms with E-state index in [1.165, 1.54) is 5.56 Å². The molecule has 1 amide bonds. The van der Waals surface area contributed by atoms with Gasteiger partial charge < -0.3 is 9.64 Å². The molecule has 2 aromatic carbocycles. The minimum absolute atomic E-state index is 0.0111. The van der Waals surface area contributed by atoms with Crippen molar-refractivity contribution in [2.75, 3.05) is 11.5 Å². The predicted octanol–water partition coefficient (Wildman–Crippen LogP) is 5.23. The highest BCUT2D eigenvalue weighted by molar-refractivity contribution is 7.91. The van der Waals surface area contributed by atoms with Crippen LogP contribution in [0.4, 0.5) is 0 Å². The zero-order valence-electron chi connectivity index (χ0n) is 20.7. The second-order valence-electron chi connectivity index (χ2n) is 9.88. The number of benzene rings is 2. The van der Waals surface area contributed by atoms with Crippen LogP contribution in [0.1, 0.15) is 75.1 Å². The third kappa shape index (κ3) is 6.38. The Hall–Kier alpha value is -2.34. The maximum absolute atomic E-state index is 13.6. The van der Waals surface area contributed by atoms with E-state index in [4.69, 9.17) is 4.74 Å². The highest BCUT2D eigenvalue weighted by atomic mass is 32.2. The number of aryl methyl sites for hydroxylation is 1. The van der Waals surface area contributed by atoms with Crippen molar-refractivity contribution < 1.29 is 17.9 Å². The summed E-state index contributed by atoms with van der Waals surface area (Å²) in [5, 5.41) is 0. The summed E-state index contributed by atoms with van der Waals surface area (Å²) in [7, 11) is -3.13. The predicted molar refractivity (Wildman–Crippen MR) is 133 cm³/mol. The second-order valence-corrected chi connectivity index (χ2v) is 12.1. The molecule has 1 aliphatic rings. The molecule has 0 aliphatic carbocycles. The fourth-order valence-electron chi connectivity index (χ4n) is 4.31. The van der Waals surface area contributed by atoms with Crippen molar-refractivity contribution >= 4 is 15.7 Å². The minimum atomic E-state index is -3.13. The highest BCUT2D eigenvalue weighted by Crippen LogP contribution is 2.29. The van der Waals surface area contributed by atoms with Gasteiger partial charge in [0.15, 0.2) is 15.9 Å². The van der Waals surface area contributed by atoms with E-state index in [9.17, 15) is 13.2 Å². The Kier molecular flexibility index (Phi) is 7.88. The van der Waals surface area contributed by atoms with E-state index in [2.05, 4.69) is 39.8 Å². The molecule has 6 heteroatoms. The zero-order valence-corrected chi connectivity index (χ0v) is 21.5. The molecule has 0 radical (unpaired) electrons. The summed E-state index contributed by atoms with van der Waals surface area (Å²) in [6.07, 6.45) is -0.255. The van der Waals surface area contributed by atoms with E-state index in [-0.39, 0.29) is 29.4 Å². The van der Waals surface area contributed by atoms with Crippen LogP contribution >= 0.6 is 0 Å². The van der Waals surface area contributed by atoms with Crippen LogP contribution < -0.4 is 4.74 Å². The smallest absolute Gasteiger partial charge is 0.263 e. The number of ether oxygens (including phenoxy) is 1. The highest BCUT2D eigenvalue weighted by Gasteiger charge is 2.36. The molecule has 2 atom stereocenters. The van der Waals surface area contributed by atoms with Crippen molar-refractivity contribution in [2.24, 2.45) is 0 Å². The lowest BCUT2D eigenvalue weighted by atomic mass is 10.0. The molecule has 1 saturated heterocycles. The minimum Gasteiger partial charge on any atom is -0.481 e. The van der Waals surface area contributed by atoms with Gasteiger partial charge in [-0.2, -0.15) is 0 Å². The van der Waals surface area contributed by atoms with Crippen LogP contribution in [0.15, 0.2) is 42.5 Å². The third-order valence-electron chi connectivity index (χ3n) is 6.37. The van der Waals surface area contributed by atoms with Gasteiger partial charge in [0.05, 0.1) is 11.5 Å². The monoisotopic (exact) mass is 471 g/mol. The van der Waals surface area contributed by atoms with Crippen LogP contribution in [0.2, 0.25) is 0 Å². The summed E-state index contributed by atoms with van der Waals surface area (Å²) in [6.45, 7) is 12.6. The SMILES string of the molecule is Cc1ccc(C(C)C)c(O[C@H](C)C(=O)N(Cc2ccc(C(C)C)cc2)[C@@H]2CCS(=O)(=O)C2)c1. The number of hydrogen-bond donors (Lipinski definition) is 0. The fourth-order valence-corrected chi connectivity index (χ4v) is 6.04. The molecule has 180 valence electrons. The fraction of sp³-hybridized carbons (Fsp3) is 0.519. The molecule has 5 nitrogen and oxygen atoms in total. The van der Waals surface area contributed by atoms with Gasteiger partial charge in [0.1, 0.15) is 5.75 Å². The molecule has 0 unspecified atom stereocenters. The first-order valence-electron chi connectivity index (χ1n) is 11.8. The molecular formula is C27H37NO4S. The first-order chi connectivity index (χ1) is 15.5. The quantitative estimate of drug-likeness (QED) is 0.529. The molecule has 0 bridgehead atoms. The third-order valence-corrected chi connectivity index (χ3v) is 8.12. The molecule has 1 fully saturated rings. The molecule has 0 spiro atoms. The van der Waals surface area contributed by atoms with E-state index in [0.29, 0.717) is 24.6 Å². The van der Waals surface area contributed by atoms with E-state index < -0.39 is 15.9 Å². The Morgan fingerprint density at radius 3 is 2.24 bits per heavy atom. The van der Waals surface area contributed by atoms with Crippen LogP contribution in [0.3, 0.4) is 0 Å². The number of nitrogens with zero attached hydrogens (tertiary/aromatic N) is 1.